The van der Waals surface area contributed by atoms with Crippen LogP contribution in [0.25, 0.3) is 0 Å². The zero-order chi connectivity index (χ0) is 17.6. The molecule has 0 fully saturated rings. The monoisotopic (exact) mass is 463 g/mol. The van der Waals surface area contributed by atoms with Gasteiger partial charge in [0.05, 0.1) is 5.56 Å². The van der Waals surface area contributed by atoms with Crippen LogP contribution in [-0.2, 0) is 4.74 Å². The molecule has 7 nitrogen and oxygen atoms in total. The summed E-state index contributed by atoms with van der Waals surface area (Å²) < 4.78 is 5.52. The number of hydrogen-bond donors (Lipinski definition) is 3. The van der Waals surface area contributed by atoms with Gasteiger partial charge in [-0.05, 0) is 24.5 Å². The van der Waals surface area contributed by atoms with E-state index in [-0.39, 0.29) is 29.9 Å². The van der Waals surface area contributed by atoms with Crippen LogP contribution in [0.5, 0.6) is 0 Å². The van der Waals surface area contributed by atoms with Crippen LogP contribution in [0, 0.1) is 5.92 Å². The zero-order valence-corrected chi connectivity index (χ0v) is 17.6. The van der Waals surface area contributed by atoms with Crippen LogP contribution in [0.3, 0.4) is 0 Å². The third-order valence-electron chi connectivity index (χ3n) is 3.06. The van der Waals surface area contributed by atoms with Crippen molar-refractivity contribution in [3.8, 4) is 0 Å². The summed E-state index contributed by atoms with van der Waals surface area (Å²) in [6, 6.07) is 3.47. The standard InChI is InChI=1S/C17H29N5O2.HI/c1-14(2)13-24-11-5-8-21-17(18-3)22-10-9-20-16(23)15-6-4-7-19-12-15;/h4,6-7,12,14H,5,8-11,13H2,1-3H3,(H,20,23)(H2,18,21,22);1H. The lowest BCUT2D eigenvalue weighted by molar-refractivity contribution is 0.0954. The van der Waals surface area contributed by atoms with Gasteiger partial charge in [0.2, 0.25) is 0 Å². The van der Waals surface area contributed by atoms with Crippen LogP contribution >= 0.6 is 24.0 Å². The maximum absolute atomic E-state index is 11.8. The lowest BCUT2D eigenvalue weighted by Gasteiger charge is -2.12. The number of nitrogens with one attached hydrogen (secondary N) is 3. The van der Waals surface area contributed by atoms with Gasteiger partial charge >= 0.3 is 0 Å². The molecule has 0 spiro atoms. The highest BCUT2D eigenvalue weighted by molar-refractivity contribution is 14.0. The minimum Gasteiger partial charge on any atom is -0.381 e. The molecule has 0 unspecified atom stereocenters. The van der Waals surface area contributed by atoms with Crippen molar-refractivity contribution < 1.29 is 9.53 Å². The van der Waals surface area contributed by atoms with Gasteiger partial charge in [-0.25, -0.2) is 0 Å². The molecule has 0 aromatic carbocycles. The summed E-state index contributed by atoms with van der Waals surface area (Å²) >= 11 is 0. The summed E-state index contributed by atoms with van der Waals surface area (Å²) in [7, 11) is 1.72. The molecule has 0 radical (unpaired) electrons. The molecular weight excluding hydrogens is 433 g/mol. The van der Waals surface area contributed by atoms with Crippen LogP contribution in [0.15, 0.2) is 29.5 Å². The van der Waals surface area contributed by atoms with E-state index < -0.39 is 0 Å². The van der Waals surface area contributed by atoms with Gasteiger partial charge in [-0.15, -0.1) is 24.0 Å². The number of aliphatic imine (C=N–C) groups is 1. The van der Waals surface area contributed by atoms with E-state index in [9.17, 15) is 4.79 Å². The molecule has 3 N–H and O–H groups in total. The van der Waals surface area contributed by atoms with E-state index in [1.807, 2.05) is 0 Å². The fourth-order valence-corrected chi connectivity index (χ4v) is 1.88. The first-order valence-electron chi connectivity index (χ1n) is 8.34. The van der Waals surface area contributed by atoms with Gasteiger partial charge in [0.15, 0.2) is 5.96 Å². The predicted octanol–water partition coefficient (Wildman–Crippen LogP) is 1.66. The topological polar surface area (TPSA) is 87.6 Å². The number of nitrogens with zero attached hydrogens (tertiary/aromatic N) is 2. The Balaban J connectivity index is 0.00000576. The van der Waals surface area contributed by atoms with E-state index in [0.717, 1.165) is 32.1 Å². The number of rotatable bonds is 10. The summed E-state index contributed by atoms with van der Waals surface area (Å²) in [6.07, 6.45) is 4.11. The summed E-state index contributed by atoms with van der Waals surface area (Å²) in [4.78, 5) is 19.9. The molecule has 1 aromatic rings. The van der Waals surface area contributed by atoms with Crippen molar-refractivity contribution >= 4 is 35.8 Å². The number of amides is 1. The Morgan fingerprint density at radius 2 is 1.96 bits per heavy atom. The van der Waals surface area contributed by atoms with Crippen molar-refractivity contribution in [3.63, 3.8) is 0 Å². The molecule has 8 heteroatoms. The number of ether oxygens (including phenoxy) is 1. The van der Waals surface area contributed by atoms with Crippen LogP contribution in [0.2, 0.25) is 0 Å². The Hall–Kier alpha value is -1.42. The highest BCUT2D eigenvalue weighted by Crippen LogP contribution is 1.94. The molecule has 0 aliphatic rings. The minimum atomic E-state index is -0.129. The SMILES string of the molecule is CN=C(NCCCOCC(C)C)NCCNC(=O)c1cccnc1.I. The van der Waals surface area contributed by atoms with Gasteiger partial charge < -0.3 is 20.7 Å². The Bertz CT molecular complexity index is 497. The lowest BCUT2D eigenvalue weighted by Crippen LogP contribution is -2.42. The fourth-order valence-electron chi connectivity index (χ4n) is 1.88. The molecule has 1 amide bonds. The molecule has 1 rings (SSSR count). The molecule has 0 aliphatic heterocycles. The molecule has 0 aliphatic carbocycles. The minimum absolute atomic E-state index is 0. The molecule has 0 saturated heterocycles. The highest BCUT2D eigenvalue weighted by atomic mass is 127. The molecule has 0 saturated carbocycles. The average Bonchev–Trinajstić information content (AvgIpc) is 2.60. The predicted molar refractivity (Wildman–Crippen MR) is 112 cm³/mol. The van der Waals surface area contributed by atoms with Crippen molar-refractivity contribution in [1.82, 2.24) is 20.9 Å². The molecule has 0 bridgehead atoms. The maximum atomic E-state index is 11.8. The van der Waals surface area contributed by atoms with Crippen LogP contribution < -0.4 is 16.0 Å². The Kier molecular flexibility index (Phi) is 14.0. The number of carbonyl (C=O) groups is 1. The number of pyridine rings is 1. The van der Waals surface area contributed by atoms with Crippen molar-refractivity contribution in [3.05, 3.63) is 30.1 Å². The average molecular weight is 463 g/mol. The first kappa shape index (κ1) is 23.6. The fraction of sp³-hybridized carbons (Fsp3) is 0.588. The summed E-state index contributed by atoms with van der Waals surface area (Å²) in [5.74, 6) is 1.15. The molecule has 0 atom stereocenters. The first-order chi connectivity index (χ1) is 11.6. The van der Waals surface area contributed by atoms with Crippen molar-refractivity contribution in [2.24, 2.45) is 10.9 Å². The second-order valence-corrected chi connectivity index (χ2v) is 5.75. The quantitative estimate of drug-likeness (QED) is 0.213. The summed E-state index contributed by atoms with van der Waals surface area (Å²) in [6.45, 7) is 7.70. The molecule has 1 heterocycles. The third kappa shape index (κ3) is 11.7. The van der Waals surface area contributed by atoms with Gasteiger partial charge in [-0.2, -0.15) is 0 Å². The lowest BCUT2D eigenvalue weighted by atomic mass is 10.2. The Morgan fingerprint density at radius 1 is 1.24 bits per heavy atom. The summed E-state index contributed by atoms with van der Waals surface area (Å²) in [5, 5.41) is 9.20. The van der Waals surface area contributed by atoms with E-state index in [1.54, 1.807) is 31.6 Å². The third-order valence-corrected chi connectivity index (χ3v) is 3.06. The maximum Gasteiger partial charge on any atom is 0.252 e. The molecule has 25 heavy (non-hydrogen) atoms. The van der Waals surface area contributed by atoms with E-state index in [2.05, 4.69) is 39.8 Å². The number of guanidine groups is 1. The molecular formula is C17H30IN5O2. The zero-order valence-electron chi connectivity index (χ0n) is 15.2. The Morgan fingerprint density at radius 3 is 2.60 bits per heavy atom. The van der Waals surface area contributed by atoms with Gasteiger partial charge in [0.1, 0.15) is 0 Å². The van der Waals surface area contributed by atoms with Gasteiger partial charge in [0, 0.05) is 52.3 Å². The van der Waals surface area contributed by atoms with Crippen molar-refractivity contribution in [2.45, 2.75) is 20.3 Å². The van der Waals surface area contributed by atoms with Gasteiger partial charge in [-0.3, -0.25) is 14.8 Å². The number of carbonyl (C=O) groups excluding carboxylic acids is 1. The normalized spacial score (nSPS) is 11.0. The molecule has 1 aromatic heterocycles. The highest BCUT2D eigenvalue weighted by Gasteiger charge is 2.04. The van der Waals surface area contributed by atoms with E-state index >= 15 is 0 Å². The van der Waals surface area contributed by atoms with E-state index in [1.165, 1.54) is 0 Å². The van der Waals surface area contributed by atoms with Crippen LogP contribution in [0.4, 0.5) is 0 Å². The number of hydrogen-bond acceptors (Lipinski definition) is 4. The van der Waals surface area contributed by atoms with E-state index in [4.69, 9.17) is 4.74 Å². The summed E-state index contributed by atoms with van der Waals surface area (Å²) in [5.41, 5.74) is 0.557. The van der Waals surface area contributed by atoms with Crippen molar-refractivity contribution in [1.29, 1.82) is 0 Å². The molecule has 142 valence electrons. The number of halogens is 1. The van der Waals surface area contributed by atoms with Crippen molar-refractivity contribution in [2.75, 3.05) is 39.9 Å². The van der Waals surface area contributed by atoms with Crippen LogP contribution in [0.1, 0.15) is 30.6 Å². The van der Waals surface area contributed by atoms with E-state index in [0.29, 0.717) is 24.6 Å². The number of aromatic nitrogens is 1. The van der Waals surface area contributed by atoms with Gasteiger partial charge in [0.25, 0.3) is 5.91 Å². The first-order valence-corrected chi connectivity index (χ1v) is 8.34. The Labute approximate surface area is 167 Å². The largest absolute Gasteiger partial charge is 0.381 e. The van der Waals surface area contributed by atoms with Gasteiger partial charge in [-0.1, -0.05) is 13.8 Å². The van der Waals surface area contributed by atoms with Crippen LogP contribution in [-0.4, -0.2) is 56.7 Å². The smallest absolute Gasteiger partial charge is 0.252 e. The second kappa shape index (κ2) is 14.9. The second-order valence-electron chi connectivity index (χ2n) is 5.75.